The molecule has 1 N–H and O–H groups in total. The van der Waals surface area contributed by atoms with E-state index in [2.05, 4.69) is 20.2 Å². The van der Waals surface area contributed by atoms with Crippen LogP contribution >= 0.6 is 11.6 Å². The molecule has 2 aliphatic rings. The fourth-order valence-corrected chi connectivity index (χ4v) is 5.76. The average molecular weight is 478 g/mol. The molecule has 2 fully saturated rings. The summed E-state index contributed by atoms with van der Waals surface area (Å²) >= 11 is 6.41. The molecule has 2 aromatic rings. The molecule has 0 aliphatic carbocycles. The Kier molecular flexibility index (Phi) is 6.69. The molecule has 1 atom stereocenters. The SMILES string of the molecule is Cc1cccnc1-c1cc(N2CCC(C(=O)NC3CCCN3S(C)(=O)=O)CC2)ncc1Cl. The van der Waals surface area contributed by atoms with Crippen molar-refractivity contribution < 1.29 is 13.2 Å². The minimum atomic E-state index is -3.32. The predicted molar refractivity (Wildman–Crippen MR) is 125 cm³/mol. The second kappa shape index (κ2) is 9.33. The van der Waals surface area contributed by atoms with Gasteiger partial charge in [0.05, 0.1) is 23.1 Å². The van der Waals surface area contributed by atoms with Gasteiger partial charge >= 0.3 is 0 Å². The van der Waals surface area contributed by atoms with Crippen LogP contribution in [0, 0.1) is 12.8 Å². The van der Waals surface area contributed by atoms with Crippen LogP contribution in [0.4, 0.5) is 5.82 Å². The van der Waals surface area contributed by atoms with E-state index in [1.165, 1.54) is 10.6 Å². The number of nitrogens with one attached hydrogen (secondary N) is 1. The second-order valence-electron chi connectivity index (χ2n) is 8.49. The maximum absolute atomic E-state index is 12.8. The number of sulfonamides is 1. The number of anilines is 1. The lowest BCUT2D eigenvalue weighted by Crippen LogP contribution is -2.50. The maximum atomic E-state index is 12.8. The van der Waals surface area contributed by atoms with Crippen LogP contribution in [-0.2, 0) is 14.8 Å². The Hall–Kier alpha value is -2.23. The molecule has 172 valence electrons. The van der Waals surface area contributed by atoms with Crippen molar-refractivity contribution in [2.75, 3.05) is 30.8 Å². The molecule has 1 amide bonds. The Morgan fingerprint density at radius 2 is 1.94 bits per heavy atom. The van der Waals surface area contributed by atoms with Gasteiger partial charge in [0.15, 0.2) is 0 Å². The predicted octanol–water partition coefficient (Wildman–Crippen LogP) is 2.82. The number of piperidine rings is 1. The normalized spacial score (nSPS) is 20.5. The summed E-state index contributed by atoms with van der Waals surface area (Å²) in [6.07, 6.45) is 6.93. The zero-order valence-electron chi connectivity index (χ0n) is 18.3. The van der Waals surface area contributed by atoms with Crippen LogP contribution in [0.5, 0.6) is 0 Å². The lowest BCUT2D eigenvalue weighted by Gasteiger charge is -2.33. The molecule has 10 heteroatoms. The van der Waals surface area contributed by atoms with Gasteiger partial charge in [-0.1, -0.05) is 17.7 Å². The number of halogens is 1. The summed E-state index contributed by atoms with van der Waals surface area (Å²) in [5.74, 6) is 0.601. The van der Waals surface area contributed by atoms with Crippen molar-refractivity contribution in [2.24, 2.45) is 5.92 Å². The molecule has 0 saturated carbocycles. The average Bonchev–Trinajstić information content (AvgIpc) is 3.24. The largest absolute Gasteiger partial charge is 0.357 e. The number of aryl methyl sites for hydroxylation is 1. The monoisotopic (exact) mass is 477 g/mol. The zero-order valence-corrected chi connectivity index (χ0v) is 19.9. The number of aromatic nitrogens is 2. The highest BCUT2D eigenvalue weighted by atomic mass is 35.5. The first kappa shape index (κ1) is 22.9. The van der Waals surface area contributed by atoms with Gasteiger partial charge in [-0.2, -0.15) is 4.31 Å². The molecule has 2 aromatic heterocycles. The van der Waals surface area contributed by atoms with Crippen molar-refractivity contribution in [3.05, 3.63) is 41.2 Å². The van der Waals surface area contributed by atoms with Crippen molar-refractivity contribution in [1.82, 2.24) is 19.6 Å². The Balaban J connectivity index is 1.40. The summed E-state index contributed by atoms with van der Waals surface area (Å²) in [5.41, 5.74) is 2.72. The summed E-state index contributed by atoms with van der Waals surface area (Å²) in [5, 5.41) is 3.50. The van der Waals surface area contributed by atoms with Crippen LogP contribution < -0.4 is 10.2 Å². The molecule has 0 spiro atoms. The molecule has 2 aliphatic heterocycles. The van der Waals surface area contributed by atoms with E-state index in [1.807, 2.05) is 25.1 Å². The molecule has 4 rings (SSSR count). The summed E-state index contributed by atoms with van der Waals surface area (Å²) < 4.78 is 25.2. The van der Waals surface area contributed by atoms with Crippen LogP contribution in [0.1, 0.15) is 31.2 Å². The Bertz CT molecular complexity index is 1100. The molecule has 8 nitrogen and oxygen atoms in total. The lowest BCUT2D eigenvalue weighted by molar-refractivity contribution is -0.126. The van der Waals surface area contributed by atoms with Crippen molar-refractivity contribution >= 4 is 33.3 Å². The lowest BCUT2D eigenvalue weighted by atomic mass is 9.95. The highest BCUT2D eigenvalue weighted by Crippen LogP contribution is 2.32. The van der Waals surface area contributed by atoms with Crippen molar-refractivity contribution in [1.29, 1.82) is 0 Å². The first-order valence-corrected chi connectivity index (χ1v) is 13.1. The number of rotatable bonds is 5. The molecule has 32 heavy (non-hydrogen) atoms. The van der Waals surface area contributed by atoms with E-state index in [0.717, 1.165) is 29.1 Å². The third kappa shape index (κ3) is 4.89. The van der Waals surface area contributed by atoms with Crippen LogP contribution in [0.2, 0.25) is 5.02 Å². The third-order valence-corrected chi connectivity index (χ3v) is 7.82. The molecule has 1 unspecified atom stereocenters. The highest BCUT2D eigenvalue weighted by molar-refractivity contribution is 7.88. The molecule has 0 bridgehead atoms. The Morgan fingerprint density at radius 1 is 1.19 bits per heavy atom. The number of nitrogens with zero attached hydrogens (tertiary/aromatic N) is 4. The quantitative estimate of drug-likeness (QED) is 0.711. The fraction of sp³-hybridized carbons (Fsp3) is 0.500. The molecule has 2 saturated heterocycles. The van der Waals surface area contributed by atoms with Gasteiger partial charge in [-0.25, -0.2) is 13.4 Å². The van der Waals surface area contributed by atoms with Crippen molar-refractivity contribution in [3.63, 3.8) is 0 Å². The highest BCUT2D eigenvalue weighted by Gasteiger charge is 2.34. The van der Waals surface area contributed by atoms with Gasteiger partial charge in [0.1, 0.15) is 5.82 Å². The minimum Gasteiger partial charge on any atom is -0.357 e. The van der Waals surface area contributed by atoms with Gasteiger partial charge in [-0.05, 0) is 50.3 Å². The minimum absolute atomic E-state index is 0.0703. The van der Waals surface area contributed by atoms with Gasteiger partial charge in [-0.15, -0.1) is 0 Å². The van der Waals surface area contributed by atoms with E-state index in [0.29, 0.717) is 43.9 Å². The molecule has 0 radical (unpaired) electrons. The van der Waals surface area contributed by atoms with E-state index < -0.39 is 16.2 Å². The molecular weight excluding hydrogens is 450 g/mol. The zero-order chi connectivity index (χ0) is 22.9. The van der Waals surface area contributed by atoms with Crippen LogP contribution in [0.3, 0.4) is 0 Å². The topological polar surface area (TPSA) is 95.5 Å². The summed E-state index contributed by atoms with van der Waals surface area (Å²) in [6.45, 7) is 3.84. The van der Waals surface area contributed by atoms with Gasteiger partial charge in [0.25, 0.3) is 0 Å². The van der Waals surface area contributed by atoms with E-state index in [4.69, 9.17) is 11.6 Å². The molecular formula is C22H28ClN5O3S. The Morgan fingerprint density at radius 3 is 2.62 bits per heavy atom. The van der Waals surface area contributed by atoms with Crippen LogP contribution in [0.15, 0.2) is 30.6 Å². The second-order valence-corrected chi connectivity index (χ2v) is 10.8. The smallest absolute Gasteiger partial charge is 0.224 e. The number of pyridine rings is 2. The van der Waals surface area contributed by atoms with E-state index in [1.54, 1.807) is 12.4 Å². The van der Waals surface area contributed by atoms with Crippen molar-refractivity contribution in [2.45, 2.75) is 38.8 Å². The molecule has 4 heterocycles. The van der Waals surface area contributed by atoms with Gasteiger partial charge in [0, 0.05) is 43.5 Å². The number of carbonyl (C=O) groups excluding carboxylic acids is 1. The van der Waals surface area contributed by atoms with E-state index >= 15 is 0 Å². The first-order chi connectivity index (χ1) is 15.2. The number of hydrogen-bond acceptors (Lipinski definition) is 6. The number of hydrogen-bond donors (Lipinski definition) is 1. The number of carbonyl (C=O) groups is 1. The third-order valence-electron chi connectivity index (χ3n) is 6.23. The van der Waals surface area contributed by atoms with Gasteiger partial charge in [-0.3, -0.25) is 9.78 Å². The van der Waals surface area contributed by atoms with E-state index in [-0.39, 0.29) is 11.8 Å². The maximum Gasteiger partial charge on any atom is 0.224 e. The summed E-state index contributed by atoms with van der Waals surface area (Å²) in [4.78, 5) is 23.9. The van der Waals surface area contributed by atoms with E-state index in [9.17, 15) is 13.2 Å². The molecule has 0 aromatic carbocycles. The summed E-state index contributed by atoms with van der Waals surface area (Å²) in [7, 11) is -3.32. The first-order valence-electron chi connectivity index (χ1n) is 10.8. The van der Waals surface area contributed by atoms with Gasteiger partial charge in [0.2, 0.25) is 15.9 Å². The fourth-order valence-electron chi connectivity index (χ4n) is 4.48. The van der Waals surface area contributed by atoms with Crippen LogP contribution in [0.25, 0.3) is 11.3 Å². The standard InChI is InChI=1S/C22H28ClN5O3S/c1-15-5-3-9-24-21(15)17-13-20(25-14-18(17)23)27-11-7-16(8-12-27)22(29)26-19-6-4-10-28(19)32(2,30)31/h3,5,9,13-14,16,19H,4,6-8,10-12H2,1-2H3,(H,26,29). The van der Waals surface area contributed by atoms with Crippen molar-refractivity contribution in [3.8, 4) is 11.3 Å². The van der Waals surface area contributed by atoms with Crippen LogP contribution in [-0.4, -0.2) is 60.7 Å². The van der Waals surface area contributed by atoms with Gasteiger partial charge < -0.3 is 10.2 Å². The number of amides is 1. The summed E-state index contributed by atoms with van der Waals surface area (Å²) in [6, 6.07) is 5.85. The Labute approximate surface area is 194 Å².